The Kier molecular flexibility index (Phi) is 6.53. The van der Waals surface area contributed by atoms with Gasteiger partial charge in [-0.2, -0.15) is 0 Å². The van der Waals surface area contributed by atoms with Crippen LogP contribution in [0.3, 0.4) is 0 Å². The van der Waals surface area contributed by atoms with Crippen LogP contribution in [0, 0.1) is 19.2 Å². The lowest BCUT2D eigenvalue weighted by molar-refractivity contribution is -0.138. The minimum absolute atomic E-state index is 0.101. The second-order valence-electron chi connectivity index (χ2n) is 9.80. The van der Waals surface area contributed by atoms with Crippen molar-refractivity contribution in [2.24, 2.45) is 0 Å². The van der Waals surface area contributed by atoms with Crippen LogP contribution in [0.15, 0.2) is 78.9 Å². The highest BCUT2D eigenvalue weighted by Crippen LogP contribution is 2.25. The fourth-order valence-electron chi connectivity index (χ4n) is 4.85. The van der Waals surface area contributed by atoms with Gasteiger partial charge in [0.2, 0.25) is 11.5 Å². The minimum atomic E-state index is -0.457. The van der Waals surface area contributed by atoms with E-state index in [9.17, 15) is 4.79 Å². The molecule has 1 unspecified atom stereocenters. The topological polar surface area (TPSA) is 54.0 Å². The Morgan fingerprint density at radius 2 is 1.64 bits per heavy atom. The number of hydrogen-bond donors (Lipinski definition) is 1. The summed E-state index contributed by atoms with van der Waals surface area (Å²) in [6.45, 7) is 6.41. The zero-order valence-corrected chi connectivity index (χ0v) is 21.1. The van der Waals surface area contributed by atoms with Gasteiger partial charge in [-0.15, -0.1) is 0 Å². The third-order valence-electron chi connectivity index (χ3n) is 7.11. The highest BCUT2D eigenvalue weighted by atomic mass is 16.2. The summed E-state index contributed by atoms with van der Waals surface area (Å²) in [5.41, 5.74) is 7.14. The van der Waals surface area contributed by atoms with Crippen LogP contribution in [-0.2, 0) is 17.8 Å². The van der Waals surface area contributed by atoms with Gasteiger partial charge < -0.3 is 9.47 Å². The van der Waals surface area contributed by atoms with Gasteiger partial charge in [-0.05, 0) is 49.9 Å². The Balaban J connectivity index is 1.52. The van der Waals surface area contributed by atoms with Crippen LogP contribution in [0.1, 0.15) is 41.1 Å². The molecule has 0 spiro atoms. The van der Waals surface area contributed by atoms with Gasteiger partial charge in [0.15, 0.2) is 1.41 Å². The SMILES string of the molecule is [H]/N=c1\n(CCC=Cc2ccc(C)cc2)c2ccccc2n1C(Cc1ccc(C)cc1)C(=O)N1CCC1. The van der Waals surface area contributed by atoms with Gasteiger partial charge in [-0.1, -0.05) is 83.9 Å². The molecule has 5 nitrogen and oxygen atoms in total. The number of hydrogen-bond acceptors (Lipinski definition) is 2. The van der Waals surface area contributed by atoms with Gasteiger partial charge in [0.25, 0.3) is 0 Å². The lowest BCUT2D eigenvalue weighted by atomic mass is 10.0. The first-order valence-electron chi connectivity index (χ1n) is 13.3. The van der Waals surface area contributed by atoms with Gasteiger partial charge in [0.05, 0.1) is 11.0 Å². The molecule has 0 bridgehead atoms. The van der Waals surface area contributed by atoms with E-state index in [4.69, 9.17) is 1.41 Å². The predicted molar refractivity (Wildman–Crippen MR) is 146 cm³/mol. The molecule has 0 aliphatic carbocycles. The molecule has 1 N–H and O–H groups in total. The summed E-state index contributed by atoms with van der Waals surface area (Å²) in [4.78, 5) is 15.7. The standard InChI is InChI=1S/C31H34N4O/c1-23-11-15-25(16-12-23)8-5-6-21-34-27-9-3-4-10-28(27)35(31(34)32)29(30(36)33-19-7-20-33)22-26-17-13-24(2)14-18-26/h3-5,8-18,29,32H,6-7,19-22H2,1-2H3/b8-5?,32-31+. The molecule has 0 radical (unpaired) electrons. The van der Waals surface area contributed by atoms with Crippen molar-refractivity contribution in [1.29, 1.82) is 5.40 Å². The van der Waals surface area contributed by atoms with E-state index < -0.39 is 6.04 Å². The minimum Gasteiger partial charge on any atom is -0.341 e. The lowest BCUT2D eigenvalue weighted by Crippen LogP contribution is -2.47. The molecule has 3 aromatic carbocycles. The lowest BCUT2D eigenvalue weighted by Gasteiger charge is -2.34. The highest BCUT2D eigenvalue weighted by Gasteiger charge is 2.31. The average molecular weight is 479 g/mol. The van der Waals surface area contributed by atoms with Crippen molar-refractivity contribution in [1.82, 2.24) is 14.0 Å². The number of carbonyl (C=O) groups is 1. The normalized spacial score (nSPS) is 15.3. The Bertz CT molecular complexity index is 1470. The molecule has 1 fully saturated rings. The number of aromatic nitrogens is 2. The molecule has 1 aliphatic heterocycles. The molecule has 0 saturated carbocycles. The fraction of sp³-hybridized carbons (Fsp3) is 0.290. The number of likely N-dealkylation sites (tertiary alicyclic amines) is 1. The zero-order valence-electron chi connectivity index (χ0n) is 22.1. The largest absolute Gasteiger partial charge is 0.341 e. The fourth-order valence-corrected chi connectivity index (χ4v) is 4.85. The molecule has 1 amide bonds. The highest BCUT2D eigenvalue weighted by molar-refractivity contribution is 5.85. The van der Waals surface area contributed by atoms with E-state index in [0.717, 1.165) is 42.5 Å². The van der Waals surface area contributed by atoms with E-state index in [1.165, 1.54) is 16.7 Å². The Labute approximate surface area is 214 Å². The summed E-state index contributed by atoms with van der Waals surface area (Å²) in [6, 6.07) is 24.5. The molecule has 36 heavy (non-hydrogen) atoms. The molecule has 184 valence electrons. The number of nitrogens with zero attached hydrogens (tertiary/aromatic N) is 3. The molecule has 4 aromatic rings. The third-order valence-corrected chi connectivity index (χ3v) is 7.11. The number of imidazole rings is 1. The van der Waals surface area contributed by atoms with Crippen molar-refractivity contribution in [3.63, 3.8) is 0 Å². The summed E-state index contributed by atoms with van der Waals surface area (Å²) in [6.07, 6.45) is 6.68. The number of amides is 1. The van der Waals surface area contributed by atoms with Crippen LogP contribution >= 0.6 is 0 Å². The van der Waals surface area contributed by atoms with Crippen molar-refractivity contribution in [3.05, 3.63) is 107 Å². The van der Waals surface area contributed by atoms with E-state index in [1.54, 1.807) is 0 Å². The summed E-state index contributed by atoms with van der Waals surface area (Å²) in [5.74, 6) is 0.101. The number of aryl methyl sites for hydroxylation is 3. The first-order chi connectivity index (χ1) is 18.0. The van der Waals surface area contributed by atoms with E-state index in [1.807, 2.05) is 27.7 Å². The monoisotopic (exact) mass is 478 g/mol. The molecular weight excluding hydrogens is 444 g/mol. The molecule has 2 heterocycles. The van der Waals surface area contributed by atoms with Gasteiger partial charge in [0, 0.05) is 26.1 Å². The molecule has 5 heteroatoms. The Morgan fingerprint density at radius 3 is 2.28 bits per heavy atom. The van der Waals surface area contributed by atoms with Crippen molar-refractivity contribution in [3.8, 4) is 0 Å². The first kappa shape index (κ1) is 22.6. The maximum atomic E-state index is 13.7. The second kappa shape index (κ2) is 10.4. The number of nitrogens with one attached hydrogen (secondary N) is 1. The molecule has 1 saturated heterocycles. The van der Waals surface area contributed by atoms with Crippen LogP contribution in [0.5, 0.6) is 0 Å². The number of benzene rings is 3. The molecule has 1 aromatic heterocycles. The zero-order chi connectivity index (χ0) is 25.8. The van der Waals surface area contributed by atoms with Crippen LogP contribution in [0.4, 0.5) is 0 Å². The van der Waals surface area contributed by atoms with E-state index in [2.05, 4.69) is 90.6 Å². The van der Waals surface area contributed by atoms with Crippen LogP contribution < -0.4 is 5.62 Å². The van der Waals surface area contributed by atoms with Crippen LogP contribution in [-0.4, -0.2) is 33.0 Å². The molecule has 5 rings (SSSR count). The summed E-state index contributed by atoms with van der Waals surface area (Å²) in [5, 5.41) is 4.00. The first-order valence-corrected chi connectivity index (χ1v) is 12.8. The predicted octanol–water partition coefficient (Wildman–Crippen LogP) is 5.66. The third kappa shape index (κ3) is 4.92. The number of allylic oxidation sites excluding steroid dienone is 1. The van der Waals surface area contributed by atoms with Gasteiger partial charge in [-0.25, -0.2) is 0 Å². The number of para-hydroxylation sites is 2. The van der Waals surface area contributed by atoms with Crippen molar-refractivity contribution < 1.29 is 6.21 Å². The number of carbonyl (C=O) groups excluding carboxylic acids is 1. The van der Waals surface area contributed by atoms with Crippen molar-refractivity contribution >= 4 is 23.0 Å². The second-order valence-corrected chi connectivity index (χ2v) is 9.80. The summed E-state index contributed by atoms with van der Waals surface area (Å²) >= 11 is 0. The van der Waals surface area contributed by atoms with Gasteiger partial charge >= 0.3 is 0 Å². The van der Waals surface area contributed by atoms with E-state index >= 15 is 0 Å². The Morgan fingerprint density at radius 1 is 0.972 bits per heavy atom. The summed E-state index contributed by atoms with van der Waals surface area (Å²) < 4.78 is 12.2. The quantitative estimate of drug-likeness (QED) is 0.349. The van der Waals surface area contributed by atoms with Gasteiger partial charge in [-0.3, -0.25) is 14.8 Å². The van der Waals surface area contributed by atoms with Crippen molar-refractivity contribution in [2.45, 2.75) is 45.7 Å². The molecule has 1 atom stereocenters. The van der Waals surface area contributed by atoms with Crippen LogP contribution in [0.2, 0.25) is 1.41 Å². The smallest absolute Gasteiger partial charge is 0.246 e. The van der Waals surface area contributed by atoms with Gasteiger partial charge in [0.1, 0.15) is 6.04 Å². The van der Waals surface area contributed by atoms with E-state index in [0.29, 0.717) is 18.6 Å². The number of fused-ring (bicyclic) bond motifs is 1. The average Bonchev–Trinajstić information content (AvgIpc) is 3.19. The maximum absolute atomic E-state index is 13.7. The van der Waals surface area contributed by atoms with Crippen LogP contribution in [0.25, 0.3) is 17.1 Å². The molecule has 1 aliphatic rings. The maximum Gasteiger partial charge on any atom is 0.246 e. The number of rotatable bonds is 8. The Hall–Kier alpha value is -3.86. The van der Waals surface area contributed by atoms with E-state index in [-0.39, 0.29) is 5.91 Å². The van der Waals surface area contributed by atoms with Crippen molar-refractivity contribution in [2.75, 3.05) is 13.1 Å². The molecular formula is C31H34N4O. The summed E-state index contributed by atoms with van der Waals surface area (Å²) in [7, 11) is 0.